The van der Waals surface area contributed by atoms with Crippen LogP contribution in [0.2, 0.25) is 0 Å². The molecule has 1 aromatic carbocycles. The standard InChI is InChI=1S/C17H19NOS/c1-2-6-12(7-3-1)14-11-19-17(18-14)16-10-13-8-4-5-9-15(13)20-16/h4-5,8-10,12,14H,1-3,6-7,11H2/t14-/m1/s1. The molecule has 0 spiro atoms. The minimum Gasteiger partial charge on any atom is -0.475 e. The summed E-state index contributed by atoms with van der Waals surface area (Å²) in [4.78, 5) is 6.07. The van der Waals surface area contributed by atoms with Crippen LogP contribution < -0.4 is 0 Å². The fraction of sp³-hybridized carbons (Fsp3) is 0.471. The van der Waals surface area contributed by atoms with Gasteiger partial charge in [-0.05, 0) is 36.3 Å². The van der Waals surface area contributed by atoms with E-state index in [4.69, 9.17) is 9.73 Å². The van der Waals surface area contributed by atoms with Gasteiger partial charge in [0.1, 0.15) is 6.61 Å². The summed E-state index contributed by atoms with van der Waals surface area (Å²) < 4.78 is 7.21. The molecule has 4 rings (SSSR count). The van der Waals surface area contributed by atoms with Crippen LogP contribution in [0.3, 0.4) is 0 Å². The number of thiophene rings is 1. The third kappa shape index (κ3) is 2.24. The molecule has 0 unspecified atom stereocenters. The second-order valence-corrected chi connectivity index (χ2v) is 6.94. The topological polar surface area (TPSA) is 21.6 Å². The Morgan fingerprint density at radius 2 is 1.95 bits per heavy atom. The lowest BCUT2D eigenvalue weighted by atomic mass is 9.84. The molecule has 104 valence electrons. The van der Waals surface area contributed by atoms with Crippen molar-refractivity contribution in [3.05, 3.63) is 35.2 Å². The molecule has 1 atom stereocenters. The van der Waals surface area contributed by atoms with Crippen LogP contribution in [0.15, 0.2) is 35.3 Å². The van der Waals surface area contributed by atoms with Crippen molar-refractivity contribution in [2.75, 3.05) is 6.61 Å². The van der Waals surface area contributed by atoms with Gasteiger partial charge >= 0.3 is 0 Å². The molecule has 1 saturated carbocycles. The fourth-order valence-corrected chi connectivity index (χ4v) is 4.39. The van der Waals surface area contributed by atoms with E-state index in [0.717, 1.165) is 18.4 Å². The quantitative estimate of drug-likeness (QED) is 0.788. The minimum atomic E-state index is 0.399. The summed E-state index contributed by atoms with van der Waals surface area (Å²) in [6, 6.07) is 11.1. The summed E-state index contributed by atoms with van der Waals surface area (Å²) in [7, 11) is 0. The summed E-state index contributed by atoms with van der Waals surface area (Å²) in [5.74, 6) is 1.62. The normalized spacial score (nSPS) is 23.8. The van der Waals surface area contributed by atoms with Crippen molar-refractivity contribution in [3.8, 4) is 0 Å². The van der Waals surface area contributed by atoms with Gasteiger partial charge in [-0.1, -0.05) is 37.5 Å². The third-order valence-electron chi connectivity index (χ3n) is 4.50. The first-order valence-corrected chi connectivity index (χ1v) is 8.41. The molecule has 0 N–H and O–H groups in total. The van der Waals surface area contributed by atoms with E-state index in [1.165, 1.54) is 47.1 Å². The molecule has 0 saturated heterocycles. The molecule has 2 heterocycles. The summed E-state index contributed by atoms with van der Waals surface area (Å²) in [5.41, 5.74) is 0. The highest BCUT2D eigenvalue weighted by Gasteiger charge is 2.29. The Hall–Kier alpha value is -1.35. The lowest BCUT2D eigenvalue weighted by molar-refractivity contribution is 0.241. The van der Waals surface area contributed by atoms with Crippen LogP contribution in [0, 0.1) is 5.92 Å². The van der Waals surface area contributed by atoms with Gasteiger partial charge in [-0.3, -0.25) is 0 Å². The first-order valence-electron chi connectivity index (χ1n) is 7.60. The Balaban J connectivity index is 1.59. The van der Waals surface area contributed by atoms with Gasteiger partial charge in [-0.2, -0.15) is 0 Å². The number of aliphatic imine (C=N–C) groups is 1. The molecule has 0 amide bonds. The lowest BCUT2D eigenvalue weighted by Gasteiger charge is -2.24. The molecule has 0 radical (unpaired) electrons. The SMILES string of the molecule is c1ccc2sc(C3=N[C@@H](C4CCCCC4)CO3)cc2c1. The van der Waals surface area contributed by atoms with Gasteiger partial charge < -0.3 is 4.74 Å². The number of nitrogens with zero attached hydrogens (tertiary/aromatic N) is 1. The monoisotopic (exact) mass is 285 g/mol. The second-order valence-electron chi connectivity index (χ2n) is 5.86. The molecule has 1 aliphatic heterocycles. The number of benzene rings is 1. The first kappa shape index (κ1) is 12.4. The number of fused-ring (bicyclic) bond motifs is 1. The summed E-state index contributed by atoms with van der Waals surface area (Å²) >= 11 is 1.79. The predicted molar refractivity (Wildman–Crippen MR) is 84.7 cm³/mol. The molecular weight excluding hydrogens is 266 g/mol. The highest BCUT2D eigenvalue weighted by atomic mass is 32.1. The van der Waals surface area contributed by atoms with Gasteiger partial charge in [-0.15, -0.1) is 11.3 Å². The molecule has 3 heteroatoms. The third-order valence-corrected chi connectivity index (χ3v) is 5.61. The first-order chi connectivity index (χ1) is 9.90. The molecule has 2 nitrogen and oxygen atoms in total. The van der Waals surface area contributed by atoms with Crippen molar-refractivity contribution in [1.82, 2.24) is 0 Å². The summed E-state index contributed by atoms with van der Waals surface area (Å²) in [5, 5.41) is 1.29. The zero-order valence-corrected chi connectivity index (χ0v) is 12.4. The van der Waals surface area contributed by atoms with E-state index in [2.05, 4.69) is 30.3 Å². The van der Waals surface area contributed by atoms with Crippen LogP contribution in [-0.4, -0.2) is 18.5 Å². The number of hydrogen-bond acceptors (Lipinski definition) is 3. The molecule has 0 bridgehead atoms. The summed E-state index contributed by atoms with van der Waals surface area (Å²) in [6.45, 7) is 0.786. The predicted octanol–water partition coefficient (Wildman–Crippen LogP) is 4.63. The van der Waals surface area contributed by atoms with Crippen molar-refractivity contribution < 1.29 is 4.74 Å². The number of hydrogen-bond donors (Lipinski definition) is 0. The smallest absolute Gasteiger partial charge is 0.226 e. The van der Waals surface area contributed by atoms with Gasteiger partial charge in [0.15, 0.2) is 0 Å². The van der Waals surface area contributed by atoms with E-state index in [1.54, 1.807) is 11.3 Å². The molecular formula is C17H19NOS. The minimum absolute atomic E-state index is 0.399. The van der Waals surface area contributed by atoms with Crippen LogP contribution >= 0.6 is 11.3 Å². The van der Waals surface area contributed by atoms with E-state index in [1.807, 2.05) is 0 Å². The van der Waals surface area contributed by atoms with E-state index in [-0.39, 0.29) is 0 Å². The maximum atomic E-state index is 5.89. The van der Waals surface area contributed by atoms with Crippen molar-refractivity contribution >= 4 is 27.3 Å². The molecule has 2 aliphatic rings. The van der Waals surface area contributed by atoms with E-state index >= 15 is 0 Å². The molecule has 20 heavy (non-hydrogen) atoms. The Bertz CT molecular complexity index is 606. The van der Waals surface area contributed by atoms with Gasteiger partial charge in [0.25, 0.3) is 0 Å². The van der Waals surface area contributed by atoms with E-state index in [0.29, 0.717) is 6.04 Å². The van der Waals surface area contributed by atoms with Crippen molar-refractivity contribution in [2.24, 2.45) is 10.9 Å². The zero-order chi connectivity index (χ0) is 13.4. The van der Waals surface area contributed by atoms with Crippen LogP contribution in [0.4, 0.5) is 0 Å². The van der Waals surface area contributed by atoms with E-state index < -0.39 is 0 Å². The Morgan fingerprint density at radius 3 is 2.80 bits per heavy atom. The van der Waals surface area contributed by atoms with Crippen LogP contribution in [-0.2, 0) is 4.74 Å². The van der Waals surface area contributed by atoms with Crippen LogP contribution in [0.25, 0.3) is 10.1 Å². The van der Waals surface area contributed by atoms with Gasteiger partial charge in [-0.25, -0.2) is 4.99 Å². The lowest BCUT2D eigenvalue weighted by Crippen LogP contribution is -2.22. The number of rotatable bonds is 2. The van der Waals surface area contributed by atoms with Crippen LogP contribution in [0.1, 0.15) is 37.0 Å². The fourth-order valence-electron chi connectivity index (χ4n) is 3.37. The van der Waals surface area contributed by atoms with Crippen LogP contribution in [0.5, 0.6) is 0 Å². The van der Waals surface area contributed by atoms with Gasteiger partial charge in [0, 0.05) is 4.70 Å². The van der Waals surface area contributed by atoms with Gasteiger partial charge in [0.2, 0.25) is 5.90 Å². The Morgan fingerprint density at radius 1 is 1.10 bits per heavy atom. The molecule has 1 aliphatic carbocycles. The molecule has 1 aromatic heterocycles. The number of ether oxygens (including phenoxy) is 1. The maximum Gasteiger partial charge on any atom is 0.226 e. The zero-order valence-electron chi connectivity index (χ0n) is 11.5. The Kier molecular flexibility index (Phi) is 3.23. The highest BCUT2D eigenvalue weighted by Crippen LogP contribution is 2.33. The molecule has 2 aromatic rings. The second kappa shape index (κ2) is 5.21. The average molecular weight is 285 g/mol. The highest BCUT2D eigenvalue weighted by molar-refractivity contribution is 7.20. The Labute approximate surface area is 123 Å². The largest absolute Gasteiger partial charge is 0.475 e. The molecule has 1 fully saturated rings. The van der Waals surface area contributed by atoms with Crippen molar-refractivity contribution in [3.63, 3.8) is 0 Å². The average Bonchev–Trinajstić information content (AvgIpc) is 3.14. The van der Waals surface area contributed by atoms with Crippen molar-refractivity contribution in [1.29, 1.82) is 0 Å². The summed E-state index contributed by atoms with van der Waals surface area (Å²) in [6.07, 6.45) is 6.80. The van der Waals surface area contributed by atoms with Crippen molar-refractivity contribution in [2.45, 2.75) is 38.1 Å². The van der Waals surface area contributed by atoms with Gasteiger partial charge in [0.05, 0.1) is 10.9 Å². The maximum absolute atomic E-state index is 5.89. The van der Waals surface area contributed by atoms with E-state index in [9.17, 15) is 0 Å².